The van der Waals surface area contributed by atoms with Gasteiger partial charge in [-0.15, -0.1) is 0 Å². The summed E-state index contributed by atoms with van der Waals surface area (Å²) in [4.78, 5) is 0. The van der Waals surface area contributed by atoms with Crippen molar-refractivity contribution in [3.63, 3.8) is 0 Å². The largest absolute Gasteiger partial charge is 0.394 e. The first-order valence-corrected chi connectivity index (χ1v) is 6.57. The zero-order valence-electron chi connectivity index (χ0n) is 11.7. The Hall–Kier alpha value is -0.320. The predicted octanol–water partition coefficient (Wildman–Crippen LogP) is -2.15. The van der Waals surface area contributed by atoms with E-state index in [4.69, 9.17) is 24.1 Å². The smallest absolute Gasteiger partial charge is 0.186 e. The molecule has 0 amide bonds. The summed E-state index contributed by atoms with van der Waals surface area (Å²) in [6, 6.07) is 0. The summed E-state index contributed by atoms with van der Waals surface area (Å²) in [5, 5.41) is 38.0. The first-order valence-electron chi connectivity index (χ1n) is 6.57. The van der Waals surface area contributed by atoms with E-state index in [0.29, 0.717) is 13.2 Å². The van der Waals surface area contributed by atoms with Crippen molar-refractivity contribution in [2.45, 2.75) is 43.7 Å². The zero-order valence-corrected chi connectivity index (χ0v) is 11.7. The highest BCUT2D eigenvalue weighted by molar-refractivity contribution is 4.88. The van der Waals surface area contributed by atoms with Gasteiger partial charge < -0.3 is 39.4 Å². The average molecular weight is 296 g/mol. The SMILES string of the molecule is CCOCC(CO[C@@H]1OC(CO)[C@@H](O)C(O)[C@@H]1O)OC. The number of hydrogen-bond acceptors (Lipinski definition) is 8. The van der Waals surface area contributed by atoms with Gasteiger partial charge in [-0.1, -0.05) is 0 Å². The molecule has 0 aliphatic carbocycles. The van der Waals surface area contributed by atoms with Crippen LogP contribution in [0.4, 0.5) is 0 Å². The summed E-state index contributed by atoms with van der Waals surface area (Å²) < 4.78 is 20.9. The molecule has 3 unspecified atom stereocenters. The van der Waals surface area contributed by atoms with Crippen LogP contribution in [0.15, 0.2) is 0 Å². The second-order valence-electron chi connectivity index (χ2n) is 4.55. The minimum atomic E-state index is -1.45. The molecular formula is C12H24O8. The molecule has 120 valence electrons. The van der Waals surface area contributed by atoms with Gasteiger partial charge in [0.15, 0.2) is 6.29 Å². The molecule has 4 N–H and O–H groups in total. The highest BCUT2D eigenvalue weighted by Gasteiger charge is 2.44. The van der Waals surface area contributed by atoms with Gasteiger partial charge in [0, 0.05) is 13.7 Å². The molecule has 0 aromatic heterocycles. The molecule has 0 bridgehead atoms. The molecule has 1 heterocycles. The molecule has 1 aliphatic heterocycles. The molecule has 0 radical (unpaired) electrons. The van der Waals surface area contributed by atoms with Crippen LogP contribution in [0.5, 0.6) is 0 Å². The summed E-state index contributed by atoms with van der Waals surface area (Å²) in [6.07, 6.45) is -6.72. The van der Waals surface area contributed by atoms with Crippen molar-refractivity contribution in [3.8, 4) is 0 Å². The quantitative estimate of drug-likeness (QED) is 0.401. The van der Waals surface area contributed by atoms with Crippen LogP contribution in [0.2, 0.25) is 0 Å². The van der Waals surface area contributed by atoms with Crippen LogP contribution in [0.25, 0.3) is 0 Å². The Kier molecular flexibility index (Phi) is 7.85. The van der Waals surface area contributed by atoms with Gasteiger partial charge in [0.25, 0.3) is 0 Å². The van der Waals surface area contributed by atoms with Crippen LogP contribution in [0.1, 0.15) is 6.92 Å². The molecule has 0 saturated carbocycles. The van der Waals surface area contributed by atoms with E-state index in [-0.39, 0.29) is 12.7 Å². The number of ether oxygens (including phenoxy) is 4. The van der Waals surface area contributed by atoms with Crippen LogP contribution in [-0.2, 0) is 18.9 Å². The Bertz CT molecular complexity index is 262. The van der Waals surface area contributed by atoms with Crippen molar-refractivity contribution < 1.29 is 39.4 Å². The van der Waals surface area contributed by atoms with Crippen molar-refractivity contribution in [1.29, 1.82) is 0 Å². The molecular weight excluding hydrogens is 272 g/mol. The Morgan fingerprint density at radius 2 is 1.80 bits per heavy atom. The highest BCUT2D eigenvalue weighted by atomic mass is 16.7. The fourth-order valence-corrected chi connectivity index (χ4v) is 1.84. The molecule has 0 spiro atoms. The second-order valence-corrected chi connectivity index (χ2v) is 4.55. The molecule has 1 saturated heterocycles. The molecule has 1 fully saturated rings. The monoisotopic (exact) mass is 296 g/mol. The number of hydrogen-bond donors (Lipinski definition) is 4. The van der Waals surface area contributed by atoms with Crippen LogP contribution in [-0.4, -0.2) is 90.8 Å². The number of methoxy groups -OCH3 is 1. The van der Waals surface area contributed by atoms with Gasteiger partial charge in [0.05, 0.1) is 19.8 Å². The van der Waals surface area contributed by atoms with E-state index in [0.717, 1.165) is 0 Å². The van der Waals surface area contributed by atoms with Gasteiger partial charge in [-0.25, -0.2) is 0 Å². The maximum atomic E-state index is 9.77. The number of aliphatic hydroxyl groups excluding tert-OH is 4. The first kappa shape index (κ1) is 17.7. The van der Waals surface area contributed by atoms with Crippen molar-refractivity contribution in [3.05, 3.63) is 0 Å². The van der Waals surface area contributed by atoms with Gasteiger partial charge in [0.1, 0.15) is 30.5 Å². The summed E-state index contributed by atoms with van der Waals surface area (Å²) in [5.74, 6) is 0. The summed E-state index contributed by atoms with van der Waals surface area (Å²) in [7, 11) is 1.50. The minimum absolute atomic E-state index is 0.0825. The maximum absolute atomic E-state index is 9.77. The lowest BCUT2D eigenvalue weighted by Gasteiger charge is -2.39. The molecule has 0 aromatic carbocycles. The third-order valence-electron chi connectivity index (χ3n) is 3.14. The van der Waals surface area contributed by atoms with Gasteiger partial charge in [-0.2, -0.15) is 0 Å². The van der Waals surface area contributed by atoms with Gasteiger partial charge in [-0.05, 0) is 6.92 Å². The minimum Gasteiger partial charge on any atom is -0.394 e. The third kappa shape index (κ3) is 4.61. The number of rotatable bonds is 8. The van der Waals surface area contributed by atoms with E-state index in [1.54, 1.807) is 0 Å². The van der Waals surface area contributed by atoms with Gasteiger partial charge in [0.2, 0.25) is 0 Å². The molecule has 6 atom stereocenters. The van der Waals surface area contributed by atoms with Crippen molar-refractivity contribution >= 4 is 0 Å². The van der Waals surface area contributed by atoms with Gasteiger partial charge >= 0.3 is 0 Å². The Morgan fingerprint density at radius 1 is 1.10 bits per heavy atom. The van der Waals surface area contributed by atoms with E-state index in [1.165, 1.54) is 7.11 Å². The molecule has 20 heavy (non-hydrogen) atoms. The first-order chi connectivity index (χ1) is 9.54. The topological polar surface area (TPSA) is 118 Å². The summed E-state index contributed by atoms with van der Waals surface area (Å²) in [5.41, 5.74) is 0. The van der Waals surface area contributed by atoms with Crippen LogP contribution in [0.3, 0.4) is 0 Å². The molecule has 1 rings (SSSR count). The highest BCUT2D eigenvalue weighted by Crippen LogP contribution is 2.22. The van der Waals surface area contributed by atoms with Crippen molar-refractivity contribution in [1.82, 2.24) is 0 Å². The fraction of sp³-hybridized carbons (Fsp3) is 1.00. The summed E-state index contributed by atoms with van der Waals surface area (Å²) >= 11 is 0. The van der Waals surface area contributed by atoms with Crippen molar-refractivity contribution in [2.24, 2.45) is 0 Å². The molecule has 8 nitrogen and oxygen atoms in total. The predicted molar refractivity (Wildman–Crippen MR) is 67.0 cm³/mol. The van der Waals surface area contributed by atoms with Crippen LogP contribution in [0, 0.1) is 0 Å². The summed E-state index contributed by atoms with van der Waals surface area (Å²) in [6.45, 7) is 2.31. The van der Waals surface area contributed by atoms with Crippen molar-refractivity contribution in [2.75, 3.05) is 33.5 Å². The third-order valence-corrected chi connectivity index (χ3v) is 3.14. The molecule has 0 aromatic rings. The maximum Gasteiger partial charge on any atom is 0.186 e. The van der Waals surface area contributed by atoms with E-state index < -0.39 is 37.3 Å². The number of aliphatic hydroxyl groups is 4. The second kappa shape index (κ2) is 8.85. The van der Waals surface area contributed by atoms with Gasteiger partial charge in [-0.3, -0.25) is 0 Å². The van der Waals surface area contributed by atoms with Crippen LogP contribution >= 0.6 is 0 Å². The lowest BCUT2D eigenvalue weighted by Crippen LogP contribution is -2.59. The van der Waals surface area contributed by atoms with E-state index >= 15 is 0 Å². The van der Waals surface area contributed by atoms with E-state index in [1.807, 2.05) is 6.92 Å². The lowest BCUT2D eigenvalue weighted by molar-refractivity contribution is -0.305. The average Bonchev–Trinajstić information content (AvgIpc) is 2.47. The standard InChI is InChI=1S/C12H24O8/c1-3-18-5-7(17-2)6-19-12-11(16)10(15)9(14)8(4-13)20-12/h7-16H,3-6H2,1-2H3/t7?,8?,9-,10?,11+,12-/m1/s1. The Labute approximate surface area is 117 Å². The lowest BCUT2D eigenvalue weighted by atomic mass is 9.99. The molecule has 8 heteroatoms. The van der Waals surface area contributed by atoms with E-state index in [9.17, 15) is 15.3 Å². The van der Waals surface area contributed by atoms with E-state index in [2.05, 4.69) is 0 Å². The zero-order chi connectivity index (χ0) is 15.1. The molecule has 1 aliphatic rings. The normalized spacial score (nSPS) is 36.0. The Balaban J connectivity index is 2.48. The van der Waals surface area contributed by atoms with Crippen LogP contribution < -0.4 is 0 Å². The Morgan fingerprint density at radius 3 is 2.35 bits per heavy atom. The fourth-order valence-electron chi connectivity index (χ4n) is 1.84.